The lowest BCUT2D eigenvalue weighted by Gasteiger charge is -2.09. The zero-order valence-corrected chi connectivity index (χ0v) is 15.4. The topological polar surface area (TPSA) is 112 Å². The maximum absolute atomic E-state index is 12.5. The molecule has 3 rings (SSSR count). The van der Waals surface area contributed by atoms with Crippen LogP contribution in [0.4, 0.5) is 0 Å². The number of nitrogens with one attached hydrogen (secondary N) is 1. The molecule has 0 fully saturated rings. The van der Waals surface area contributed by atoms with E-state index in [9.17, 15) is 13.2 Å². The van der Waals surface area contributed by atoms with E-state index >= 15 is 0 Å². The molecule has 0 aliphatic carbocycles. The minimum Gasteiger partial charge on any atom is -0.496 e. The molecule has 3 N–H and O–H groups in total. The van der Waals surface area contributed by atoms with Gasteiger partial charge in [-0.15, -0.1) is 11.3 Å². The molecule has 26 heavy (non-hydrogen) atoms. The predicted molar refractivity (Wildman–Crippen MR) is 97.6 cm³/mol. The highest BCUT2D eigenvalue weighted by molar-refractivity contribution is 7.89. The Bertz CT molecular complexity index is 1020. The molecule has 2 aromatic heterocycles. The molecule has 0 spiro atoms. The summed E-state index contributed by atoms with van der Waals surface area (Å²) < 4.78 is 37.8. The van der Waals surface area contributed by atoms with Crippen LogP contribution in [0.5, 0.6) is 5.75 Å². The Kier molecular flexibility index (Phi) is 5.12. The second-order valence-corrected chi connectivity index (χ2v) is 8.09. The number of rotatable bonds is 7. The van der Waals surface area contributed by atoms with Crippen molar-refractivity contribution in [3.8, 4) is 17.1 Å². The molecule has 0 aliphatic rings. The molecule has 7 nitrogen and oxygen atoms in total. The van der Waals surface area contributed by atoms with Crippen LogP contribution in [0, 0.1) is 0 Å². The lowest BCUT2D eigenvalue weighted by molar-refractivity contribution is 0.0997. The fourth-order valence-corrected chi connectivity index (χ4v) is 4.28. The Morgan fingerprint density at radius 2 is 2.12 bits per heavy atom. The first kappa shape index (κ1) is 18.2. The number of primary amides is 1. The number of methoxy groups -OCH3 is 1. The van der Waals surface area contributed by atoms with Crippen molar-refractivity contribution in [3.63, 3.8) is 0 Å². The number of nitrogens with two attached hydrogens (primary N) is 1. The number of ether oxygens (including phenoxy) is 1. The zero-order valence-electron chi connectivity index (χ0n) is 13.8. The van der Waals surface area contributed by atoms with Crippen LogP contribution in [-0.4, -0.2) is 21.4 Å². The van der Waals surface area contributed by atoms with Crippen molar-refractivity contribution in [1.82, 2.24) is 4.72 Å². The van der Waals surface area contributed by atoms with Gasteiger partial charge in [-0.05, 0) is 36.4 Å². The quantitative estimate of drug-likeness (QED) is 0.642. The number of benzene rings is 1. The Hall–Kier alpha value is -2.62. The van der Waals surface area contributed by atoms with Crippen molar-refractivity contribution < 1.29 is 22.4 Å². The first-order valence-electron chi connectivity index (χ1n) is 7.49. The summed E-state index contributed by atoms with van der Waals surface area (Å²) >= 11 is 1.42. The summed E-state index contributed by atoms with van der Waals surface area (Å²) in [6.45, 7) is 0.117. The number of furan rings is 1. The molecule has 0 saturated carbocycles. The molecular weight excluding hydrogens is 376 g/mol. The highest BCUT2D eigenvalue weighted by Crippen LogP contribution is 2.26. The molecule has 0 saturated heterocycles. The third-order valence-electron chi connectivity index (χ3n) is 3.64. The zero-order chi connectivity index (χ0) is 18.7. The van der Waals surface area contributed by atoms with Crippen LogP contribution in [-0.2, 0) is 16.6 Å². The Balaban J connectivity index is 1.77. The number of hydrogen-bond donors (Lipinski definition) is 2. The van der Waals surface area contributed by atoms with Crippen molar-refractivity contribution >= 4 is 27.3 Å². The number of hydrogen-bond acceptors (Lipinski definition) is 6. The Labute approximate surface area is 154 Å². The van der Waals surface area contributed by atoms with Gasteiger partial charge in [0.1, 0.15) is 11.5 Å². The van der Waals surface area contributed by atoms with E-state index in [4.69, 9.17) is 14.9 Å². The number of thiophene rings is 1. The Morgan fingerprint density at radius 3 is 2.77 bits per heavy atom. The molecule has 1 amide bonds. The molecule has 0 aliphatic heterocycles. The molecule has 0 atom stereocenters. The van der Waals surface area contributed by atoms with Crippen LogP contribution in [0.25, 0.3) is 11.3 Å². The molecule has 0 bridgehead atoms. The summed E-state index contributed by atoms with van der Waals surface area (Å²) in [5.74, 6) is 0.176. The fourth-order valence-electron chi connectivity index (χ4n) is 2.34. The third-order valence-corrected chi connectivity index (χ3v) is 5.98. The second-order valence-electron chi connectivity index (χ2n) is 5.33. The highest BCUT2D eigenvalue weighted by atomic mass is 32.2. The number of carbonyl (C=O) groups is 1. The van der Waals surface area contributed by atoms with Gasteiger partial charge in [-0.3, -0.25) is 4.79 Å². The van der Waals surface area contributed by atoms with Gasteiger partial charge in [0.05, 0.1) is 23.8 Å². The average molecular weight is 392 g/mol. The Morgan fingerprint density at radius 1 is 1.31 bits per heavy atom. The van der Waals surface area contributed by atoms with Gasteiger partial charge in [0.15, 0.2) is 0 Å². The van der Waals surface area contributed by atoms with Crippen LogP contribution in [0.1, 0.15) is 15.2 Å². The molecule has 1 aromatic carbocycles. The van der Waals surface area contributed by atoms with Crippen LogP contribution in [0.15, 0.2) is 57.4 Å². The van der Waals surface area contributed by atoms with Gasteiger partial charge in [-0.1, -0.05) is 0 Å². The van der Waals surface area contributed by atoms with Gasteiger partial charge in [-0.2, -0.15) is 0 Å². The molecule has 9 heteroatoms. The van der Waals surface area contributed by atoms with Crippen LogP contribution >= 0.6 is 11.3 Å². The smallest absolute Gasteiger partial charge is 0.252 e. The summed E-state index contributed by atoms with van der Waals surface area (Å²) in [6, 6.07) is 9.43. The maximum Gasteiger partial charge on any atom is 0.252 e. The molecule has 2 heterocycles. The van der Waals surface area contributed by atoms with Crippen LogP contribution < -0.4 is 15.2 Å². The second kappa shape index (κ2) is 7.32. The fraction of sp³-hybridized carbons (Fsp3) is 0.118. The van der Waals surface area contributed by atoms with Crippen LogP contribution in [0.2, 0.25) is 0 Å². The standard InChI is InChI=1S/C17H16N2O5S2/c1-23-16-5-4-13(8-14(16)17(18)20)26(21,22)19-9-12-7-11(10-25-12)15-3-2-6-24-15/h2-8,10,19H,9H2,1H3,(H2,18,20). The van der Waals surface area contributed by atoms with Crippen LogP contribution in [0.3, 0.4) is 0 Å². The number of sulfonamides is 1. The lowest BCUT2D eigenvalue weighted by Crippen LogP contribution is -2.23. The summed E-state index contributed by atoms with van der Waals surface area (Å²) in [4.78, 5) is 12.2. The first-order chi connectivity index (χ1) is 12.4. The molecular formula is C17H16N2O5S2. The van der Waals surface area contributed by atoms with Gasteiger partial charge in [0.2, 0.25) is 10.0 Å². The van der Waals surface area contributed by atoms with Gasteiger partial charge in [0.25, 0.3) is 5.91 Å². The predicted octanol–water partition coefficient (Wildman–Crippen LogP) is 2.59. The summed E-state index contributed by atoms with van der Waals surface area (Å²) in [7, 11) is -2.44. The minimum absolute atomic E-state index is 0.00612. The largest absolute Gasteiger partial charge is 0.496 e. The van der Waals surface area contributed by atoms with Crippen molar-refractivity contribution in [2.75, 3.05) is 7.11 Å². The van der Waals surface area contributed by atoms with Crippen molar-refractivity contribution in [1.29, 1.82) is 0 Å². The molecule has 0 radical (unpaired) electrons. The summed E-state index contributed by atoms with van der Waals surface area (Å²) in [6.07, 6.45) is 1.58. The van der Waals surface area contributed by atoms with Gasteiger partial charge < -0.3 is 14.9 Å². The summed E-state index contributed by atoms with van der Waals surface area (Å²) in [5.41, 5.74) is 6.17. The molecule has 0 unspecified atom stereocenters. The average Bonchev–Trinajstić information content (AvgIpc) is 3.30. The monoisotopic (exact) mass is 392 g/mol. The van der Waals surface area contributed by atoms with Gasteiger partial charge in [0, 0.05) is 22.4 Å². The van der Waals surface area contributed by atoms with E-state index in [1.165, 1.54) is 36.6 Å². The maximum atomic E-state index is 12.5. The minimum atomic E-state index is -3.81. The first-order valence-corrected chi connectivity index (χ1v) is 9.86. The molecule has 136 valence electrons. The van der Waals surface area contributed by atoms with E-state index in [1.807, 2.05) is 17.5 Å². The van der Waals surface area contributed by atoms with Crippen molar-refractivity contribution in [2.24, 2.45) is 5.73 Å². The SMILES string of the molecule is COc1ccc(S(=O)(=O)NCc2cc(-c3ccco3)cs2)cc1C(N)=O. The third kappa shape index (κ3) is 3.79. The van der Waals surface area contributed by atoms with Crippen molar-refractivity contribution in [2.45, 2.75) is 11.4 Å². The van der Waals surface area contributed by atoms with E-state index < -0.39 is 15.9 Å². The lowest BCUT2D eigenvalue weighted by atomic mass is 10.2. The van der Waals surface area contributed by atoms with Gasteiger partial charge in [-0.25, -0.2) is 13.1 Å². The van der Waals surface area contributed by atoms with E-state index in [0.29, 0.717) is 0 Å². The van der Waals surface area contributed by atoms with E-state index in [2.05, 4.69) is 4.72 Å². The highest BCUT2D eigenvalue weighted by Gasteiger charge is 2.19. The van der Waals surface area contributed by atoms with E-state index in [0.717, 1.165) is 16.2 Å². The summed E-state index contributed by atoms with van der Waals surface area (Å²) in [5, 5.41) is 1.89. The van der Waals surface area contributed by atoms with Gasteiger partial charge >= 0.3 is 0 Å². The number of carbonyl (C=O) groups excluding carboxylic acids is 1. The molecule has 3 aromatic rings. The van der Waals surface area contributed by atoms with E-state index in [-0.39, 0.29) is 22.8 Å². The van der Waals surface area contributed by atoms with Crippen molar-refractivity contribution in [3.05, 3.63) is 58.5 Å². The normalized spacial score (nSPS) is 11.4. The van der Waals surface area contributed by atoms with E-state index in [1.54, 1.807) is 12.3 Å². The number of amides is 1.